The summed E-state index contributed by atoms with van der Waals surface area (Å²) in [5.41, 5.74) is 3.05. The summed E-state index contributed by atoms with van der Waals surface area (Å²) in [4.78, 5) is 14.5. The summed E-state index contributed by atoms with van der Waals surface area (Å²) < 4.78 is 0. The van der Waals surface area contributed by atoms with Crippen LogP contribution in [0.2, 0.25) is 0 Å². The van der Waals surface area contributed by atoms with Crippen LogP contribution in [0.25, 0.3) is 0 Å². The third-order valence-corrected chi connectivity index (χ3v) is 5.70. The SMILES string of the molecule is C=C(C/C(=C/C)CCN1CC2(CCCCC2)CC1=O)C(C)C. The zero-order valence-electron chi connectivity index (χ0n) is 14.8. The summed E-state index contributed by atoms with van der Waals surface area (Å²) in [5, 5.41) is 0. The maximum atomic E-state index is 12.4. The van der Waals surface area contributed by atoms with Gasteiger partial charge in [0.1, 0.15) is 0 Å². The Labute approximate surface area is 136 Å². The molecule has 2 aliphatic rings. The first-order valence-corrected chi connectivity index (χ1v) is 9.05. The molecule has 0 radical (unpaired) electrons. The van der Waals surface area contributed by atoms with Crippen molar-refractivity contribution in [2.75, 3.05) is 13.1 Å². The van der Waals surface area contributed by atoms with E-state index in [2.05, 4.69) is 38.3 Å². The average molecular weight is 303 g/mol. The minimum Gasteiger partial charge on any atom is -0.342 e. The lowest BCUT2D eigenvalue weighted by atomic mass is 9.73. The highest BCUT2D eigenvalue weighted by Crippen LogP contribution is 2.44. The van der Waals surface area contributed by atoms with E-state index >= 15 is 0 Å². The third-order valence-electron chi connectivity index (χ3n) is 5.70. The van der Waals surface area contributed by atoms with Crippen molar-refractivity contribution >= 4 is 5.91 Å². The standard InChI is InChI=1S/C20H33NO/c1-5-18(13-17(4)16(2)3)9-12-21-15-20(14-19(21)22)10-7-6-8-11-20/h5,16H,4,6-15H2,1-3H3/b18-5+. The van der Waals surface area contributed by atoms with E-state index in [1.54, 1.807) is 0 Å². The lowest BCUT2D eigenvalue weighted by Crippen LogP contribution is -2.31. The fraction of sp³-hybridized carbons (Fsp3) is 0.750. The van der Waals surface area contributed by atoms with Gasteiger partial charge in [0, 0.05) is 19.5 Å². The van der Waals surface area contributed by atoms with Gasteiger partial charge in [0.05, 0.1) is 0 Å². The van der Waals surface area contributed by atoms with Gasteiger partial charge in [0.25, 0.3) is 0 Å². The summed E-state index contributed by atoms with van der Waals surface area (Å²) in [5.74, 6) is 0.925. The number of carbonyl (C=O) groups excluding carboxylic acids is 1. The van der Waals surface area contributed by atoms with Gasteiger partial charge in [-0.05, 0) is 43.9 Å². The van der Waals surface area contributed by atoms with Gasteiger partial charge in [-0.3, -0.25) is 4.79 Å². The molecule has 0 unspecified atom stereocenters. The molecule has 0 aromatic heterocycles. The second-order valence-corrected chi connectivity index (χ2v) is 7.74. The number of nitrogens with zero attached hydrogens (tertiary/aromatic N) is 1. The Kier molecular flexibility index (Phi) is 5.88. The van der Waals surface area contributed by atoms with E-state index in [1.165, 1.54) is 43.3 Å². The highest BCUT2D eigenvalue weighted by molar-refractivity contribution is 5.79. The Hall–Kier alpha value is -1.05. The molecule has 124 valence electrons. The molecule has 1 aliphatic carbocycles. The summed E-state index contributed by atoms with van der Waals surface area (Å²) in [7, 11) is 0. The molecule has 1 saturated heterocycles. The van der Waals surface area contributed by atoms with E-state index in [1.807, 2.05) is 0 Å². The van der Waals surface area contributed by atoms with Crippen LogP contribution in [0.15, 0.2) is 23.8 Å². The van der Waals surface area contributed by atoms with E-state index in [9.17, 15) is 4.79 Å². The van der Waals surface area contributed by atoms with Crippen LogP contribution in [0.3, 0.4) is 0 Å². The van der Waals surface area contributed by atoms with Gasteiger partial charge in [-0.15, -0.1) is 0 Å². The van der Waals surface area contributed by atoms with Gasteiger partial charge < -0.3 is 4.90 Å². The highest BCUT2D eigenvalue weighted by Gasteiger charge is 2.43. The van der Waals surface area contributed by atoms with Crippen LogP contribution < -0.4 is 0 Å². The molecule has 2 rings (SSSR count). The molecule has 22 heavy (non-hydrogen) atoms. The van der Waals surface area contributed by atoms with Crippen LogP contribution in [0.4, 0.5) is 0 Å². The molecule has 2 nitrogen and oxygen atoms in total. The molecule has 0 atom stereocenters. The Morgan fingerprint density at radius 2 is 2.00 bits per heavy atom. The maximum absolute atomic E-state index is 12.4. The first kappa shape index (κ1) is 17.3. The predicted octanol–water partition coefficient (Wildman–Crippen LogP) is 5.11. The van der Waals surface area contributed by atoms with Gasteiger partial charge >= 0.3 is 0 Å². The molecule has 2 fully saturated rings. The predicted molar refractivity (Wildman–Crippen MR) is 93.7 cm³/mol. The van der Waals surface area contributed by atoms with E-state index in [-0.39, 0.29) is 0 Å². The molecule has 0 aromatic rings. The minimum atomic E-state index is 0.326. The molecule has 2 heteroatoms. The van der Waals surface area contributed by atoms with Gasteiger partial charge in [-0.2, -0.15) is 0 Å². The summed E-state index contributed by atoms with van der Waals surface area (Å²) >= 11 is 0. The van der Waals surface area contributed by atoms with E-state index in [0.29, 0.717) is 17.2 Å². The average Bonchev–Trinajstić information content (AvgIpc) is 2.79. The summed E-state index contributed by atoms with van der Waals surface area (Å²) in [6.45, 7) is 12.6. The lowest BCUT2D eigenvalue weighted by Gasteiger charge is -2.32. The second kappa shape index (κ2) is 7.48. The van der Waals surface area contributed by atoms with Crippen molar-refractivity contribution in [2.24, 2.45) is 11.3 Å². The Morgan fingerprint density at radius 3 is 2.59 bits per heavy atom. The lowest BCUT2D eigenvalue weighted by molar-refractivity contribution is -0.127. The second-order valence-electron chi connectivity index (χ2n) is 7.74. The first-order chi connectivity index (χ1) is 10.5. The zero-order chi connectivity index (χ0) is 16.2. The Balaban J connectivity index is 1.85. The maximum Gasteiger partial charge on any atom is 0.223 e. The van der Waals surface area contributed by atoms with Crippen LogP contribution in [-0.2, 0) is 4.79 Å². The molecule has 1 spiro atoms. The first-order valence-electron chi connectivity index (χ1n) is 9.05. The normalized spacial score (nSPS) is 21.9. The summed E-state index contributed by atoms with van der Waals surface area (Å²) in [6.07, 6.45) is 11.5. The fourth-order valence-corrected chi connectivity index (χ4v) is 3.93. The largest absolute Gasteiger partial charge is 0.342 e. The molecule has 0 aromatic carbocycles. The smallest absolute Gasteiger partial charge is 0.223 e. The van der Waals surface area contributed by atoms with Crippen molar-refractivity contribution in [1.29, 1.82) is 0 Å². The molecule has 1 heterocycles. The molecule has 0 N–H and O–H groups in total. The number of hydrogen-bond donors (Lipinski definition) is 0. The topological polar surface area (TPSA) is 20.3 Å². The van der Waals surface area contributed by atoms with Gasteiger partial charge in [0.15, 0.2) is 0 Å². The van der Waals surface area contributed by atoms with Crippen molar-refractivity contribution in [3.63, 3.8) is 0 Å². The quantitative estimate of drug-likeness (QED) is 0.625. The van der Waals surface area contributed by atoms with Crippen LogP contribution >= 0.6 is 0 Å². The van der Waals surface area contributed by atoms with Gasteiger partial charge in [-0.1, -0.05) is 56.9 Å². The number of amides is 1. The van der Waals surface area contributed by atoms with Crippen LogP contribution in [0, 0.1) is 11.3 Å². The Bertz CT molecular complexity index is 441. The fourth-order valence-electron chi connectivity index (χ4n) is 3.93. The van der Waals surface area contributed by atoms with E-state index < -0.39 is 0 Å². The van der Waals surface area contributed by atoms with E-state index in [4.69, 9.17) is 0 Å². The van der Waals surface area contributed by atoms with Crippen LogP contribution in [0.1, 0.15) is 72.1 Å². The molecule has 1 saturated carbocycles. The van der Waals surface area contributed by atoms with Crippen molar-refractivity contribution in [1.82, 2.24) is 4.90 Å². The van der Waals surface area contributed by atoms with Crippen LogP contribution in [-0.4, -0.2) is 23.9 Å². The number of allylic oxidation sites excluding steroid dienone is 2. The van der Waals surface area contributed by atoms with Crippen LogP contribution in [0.5, 0.6) is 0 Å². The number of hydrogen-bond acceptors (Lipinski definition) is 1. The molecular formula is C20H33NO. The molecule has 0 bridgehead atoms. The van der Waals surface area contributed by atoms with Gasteiger partial charge in [-0.25, -0.2) is 0 Å². The summed E-state index contributed by atoms with van der Waals surface area (Å²) in [6, 6.07) is 0. The number of likely N-dealkylation sites (tertiary alicyclic amines) is 1. The minimum absolute atomic E-state index is 0.326. The molecule has 1 aliphatic heterocycles. The molecular weight excluding hydrogens is 270 g/mol. The van der Waals surface area contributed by atoms with E-state index in [0.717, 1.165) is 32.4 Å². The monoisotopic (exact) mass is 303 g/mol. The van der Waals surface area contributed by atoms with Crippen molar-refractivity contribution < 1.29 is 4.79 Å². The number of carbonyl (C=O) groups is 1. The number of rotatable bonds is 6. The Morgan fingerprint density at radius 1 is 1.32 bits per heavy atom. The van der Waals surface area contributed by atoms with Crippen molar-refractivity contribution in [2.45, 2.75) is 72.1 Å². The highest BCUT2D eigenvalue weighted by atomic mass is 16.2. The van der Waals surface area contributed by atoms with Gasteiger partial charge in [0.2, 0.25) is 5.91 Å². The van der Waals surface area contributed by atoms with Crippen molar-refractivity contribution in [3.8, 4) is 0 Å². The molecule has 1 amide bonds. The van der Waals surface area contributed by atoms with Crippen molar-refractivity contribution in [3.05, 3.63) is 23.8 Å². The third kappa shape index (κ3) is 4.24. The zero-order valence-corrected chi connectivity index (χ0v) is 14.8.